The number of halogens is 2. The van der Waals surface area contributed by atoms with E-state index in [0.29, 0.717) is 15.0 Å². The third-order valence-electron chi connectivity index (χ3n) is 1.09. The number of nitrogens with zero attached hydrogens (tertiary/aromatic N) is 4. The molecule has 0 saturated heterocycles. The molecule has 0 bridgehead atoms. The minimum absolute atomic E-state index is 0.558. The van der Waals surface area contributed by atoms with Crippen LogP contribution >= 0.6 is 31.9 Å². The van der Waals surface area contributed by atoms with Gasteiger partial charge in [0.1, 0.15) is 4.60 Å². The molecular formula is C7H8Br2N4. The third-order valence-corrected chi connectivity index (χ3v) is 2.03. The number of rotatable bonds is 2. The lowest BCUT2D eigenvalue weighted by molar-refractivity contribution is 0.643. The van der Waals surface area contributed by atoms with Crippen LogP contribution in [0, 0.1) is 0 Å². The zero-order valence-electron chi connectivity index (χ0n) is 7.20. The monoisotopic (exact) mass is 306 g/mol. The van der Waals surface area contributed by atoms with E-state index in [1.807, 2.05) is 19.0 Å². The standard InChI is InChI=1S/C7H8Br2N4/c1-13(2)4-11-7-6(9)10-3-5(8)12-7/h3-4H,1-2H3/b11-4-. The molecule has 13 heavy (non-hydrogen) atoms. The normalized spacial score (nSPS) is 10.8. The van der Waals surface area contributed by atoms with Crippen molar-refractivity contribution in [2.75, 3.05) is 14.1 Å². The van der Waals surface area contributed by atoms with Crippen molar-refractivity contribution in [2.45, 2.75) is 0 Å². The smallest absolute Gasteiger partial charge is 0.188 e. The molecule has 0 radical (unpaired) electrons. The summed E-state index contributed by atoms with van der Waals surface area (Å²) in [5.41, 5.74) is 0. The fraction of sp³-hybridized carbons (Fsp3) is 0.286. The van der Waals surface area contributed by atoms with Gasteiger partial charge in [-0.2, -0.15) is 0 Å². The van der Waals surface area contributed by atoms with Crippen LogP contribution in [0.2, 0.25) is 0 Å². The quantitative estimate of drug-likeness (QED) is 0.621. The number of aromatic nitrogens is 2. The van der Waals surface area contributed by atoms with Crippen molar-refractivity contribution in [1.82, 2.24) is 14.9 Å². The summed E-state index contributed by atoms with van der Waals surface area (Å²) in [6.45, 7) is 0. The average Bonchev–Trinajstić information content (AvgIpc) is 2.06. The molecule has 0 saturated carbocycles. The Morgan fingerprint density at radius 2 is 2.15 bits per heavy atom. The maximum absolute atomic E-state index is 4.13. The predicted molar refractivity (Wildman–Crippen MR) is 59.3 cm³/mol. The van der Waals surface area contributed by atoms with Crippen molar-refractivity contribution in [3.63, 3.8) is 0 Å². The summed E-state index contributed by atoms with van der Waals surface area (Å²) in [6.07, 6.45) is 3.28. The molecule has 0 unspecified atom stereocenters. The van der Waals surface area contributed by atoms with E-state index in [-0.39, 0.29) is 0 Å². The molecule has 0 N–H and O–H groups in total. The van der Waals surface area contributed by atoms with Crippen molar-refractivity contribution < 1.29 is 0 Å². The van der Waals surface area contributed by atoms with Crippen LogP contribution in [0.4, 0.5) is 5.82 Å². The summed E-state index contributed by atoms with van der Waals surface area (Å²) in [7, 11) is 3.78. The minimum Gasteiger partial charge on any atom is -0.369 e. The number of hydrogen-bond donors (Lipinski definition) is 0. The molecule has 1 heterocycles. The van der Waals surface area contributed by atoms with Crippen molar-refractivity contribution >= 4 is 44.0 Å². The molecule has 1 rings (SSSR count). The van der Waals surface area contributed by atoms with Gasteiger partial charge in [-0.05, 0) is 31.9 Å². The van der Waals surface area contributed by atoms with E-state index in [0.717, 1.165) is 0 Å². The molecule has 0 aliphatic heterocycles. The highest BCUT2D eigenvalue weighted by atomic mass is 79.9. The molecule has 0 aromatic carbocycles. The average molecular weight is 308 g/mol. The first-order chi connectivity index (χ1) is 6.09. The van der Waals surface area contributed by atoms with Crippen LogP contribution in [0.25, 0.3) is 0 Å². The molecule has 1 aromatic heterocycles. The summed E-state index contributed by atoms with van der Waals surface area (Å²) in [6, 6.07) is 0. The molecule has 4 nitrogen and oxygen atoms in total. The van der Waals surface area contributed by atoms with Crippen molar-refractivity contribution in [3.05, 3.63) is 15.4 Å². The Balaban J connectivity index is 2.93. The molecule has 1 aromatic rings. The van der Waals surface area contributed by atoms with Crippen LogP contribution in [-0.2, 0) is 0 Å². The molecule has 0 fully saturated rings. The van der Waals surface area contributed by atoms with E-state index < -0.39 is 0 Å². The van der Waals surface area contributed by atoms with Gasteiger partial charge in [-0.15, -0.1) is 0 Å². The zero-order valence-corrected chi connectivity index (χ0v) is 10.4. The zero-order chi connectivity index (χ0) is 9.84. The van der Waals surface area contributed by atoms with Crippen LogP contribution < -0.4 is 0 Å². The summed E-state index contributed by atoms with van der Waals surface area (Å²) < 4.78 is 1.30. The van der Waals surface area contributed by atoms with Gasteiger partial charge in [0.2, 0.25) is 0 Å². The van der Waals surface area contributed by atoms with Gasteiger partial charge in [0, 0.05) is 14.1 Å². The Kier molecular flexibility index (Phi) is 3.80. The highest BCUT2D eigenvalue weighted by Crippen LogP contribution is 2.21. The van der Waals surface area contributed by atoms with Gasteiger partial charge in [-0.25, -0.2) is 15.0 Å². The van der Waals surface area contributed by atoms with Crippen molar-refractivity contribution in [2.24, 2.45) is 4.99 Å². The van der Waals surface area contributed by atoms with Gasteiger partial charge in [0.05, 0.1) is 12.5 Å². The Bertz CT molecular complexity index is 324. The first-order valence-electron chi connectivity index (χ1n) is 3.48. The van der Waals surface area contributed by atoms with E-state index in [9.17, 15) is 0 Å². The van der Waals surface area contributed by atoms with Crippen LogP contribution in [0.5, 0.6) is 0 Å². The van der Waals surface area contributed by atoms with E-state index >= 15 is 0 Å². The molecular weight excluding hydrogens is 300 g/mol. The van der Waals surface area contributed by atoms with E-state index in [4.69, 9.17) is 0 Å². The highest BCUT2D eigenvalue weighted by Gasteiger charge is 2.00. The Morgan fingerprint density at radius 1 is 1.46 bits per heavy atom. The van der Waals surface area contributed by atoms with Crippen LogP contribution in [0.3, 0.4) is 0 Å². The molecule has 70 valence electrons. The van der Waals surface area contributed by atoms with Crippen LogP contribution in [0.15, 0.2) is 20.4 Å². The lowest BCUT2D eigenvalue weighted by Gasteiger charge is -2.02. The second kappa shape index (κ2) is 4.66. The molecule has 0 aliphatic rings. The fourth-order valence-corrected chi connectivity index (χ4v) is 1.16. The first kappa shape index (κ1) is 10.6. The van der Waals surface area contributed by atoms with E-state index in [1.165, 1.54) is 0 Å². The van der Waals surface area contributed by atoms with Gasteiger partial charge in [0.15, 0.2) is 10.4 Å². The molecule has 0 amide bonds. The highest BCUT2D eigenvalue weighted by molar-refractivity contribution is 9.11. The lowest BCUT2D eigenvalue weighted by Crippen LogP contribution is -2.07. The summed E-state index contributed by atoms with van der Waals surface area (Å²) >= 11 is 6.48. The third kappa shape index (κ3) is 3.40. The SMILES string of the molecule is CN(C)/C=N\c1nc(Br)cnc1Br. The largest absolute Gasteiger partial charge is 0.369 e. The molecule has 0 aliphatic carbocycles. The summed E-state index contributed by atoms with van der Waals surface area (Å²) in [4.78, 5) is 14.1. The van der Waals surface area contributed by atoms with Gasteiger partial charge in [-0.1, -0.05) is 0 Å². The van der Waals surface area contributed by atoms with Gasteiger partial charge >= 0.3 is 0 Å². The van der Waals surface area contributed by atoms with E-state index in [2.05, 4.69) is 46.8 Å². The fourth-order valence-electron chi connectivity index (χ4n) is 0.596. The Labute approximate surface area is 93.4 Å². The molecule has 0 spiro atoms. The van der Waals surface area contributed by atoms with E-state index in [1.54, 1.807) is 12.5 Å². The number of hydrogen-bond acceptors (Lipinski definition) is 3. The van der Waals surface area contributed by atoms with Crippen molar-refractivity contribution in [1.29, 1.82) is 0 Å². The maximum atomic E-state index is 4.13. The van der Waals surface area contributed by atoms with Gasteiger partial charge in [-0.3, -0.25) is 0 Å². The predicted octanol–water partition coefficient (Wildman–Crippen LogP) is 2.22. The second-order valence-electron chi connectivity index (χ2n) is 2.52. The maximum Gasteiger partial charge on any atom is 0.188 e. The summed E-state index contributed by atoms with van der Waals surface area (Å²) in [5.74, 6) is 0.558. The number of aliphatic imine (C=N–C) groups is 1. The molecule has 6 heteroatoms. The van der Waals surface area contributed by atoms with Crippen LogP contribution in [-0.4, -0.2) is 35.3 Å². The topological polar surface area (TPSA) is 41.4 Å². The lowest BCUT2D eigenvalue weighted by atomic mass is 10.7. The summed E-state index contributed by atoms with van der Waals surface area (Å²) in [5, 5.41) is 0. The van der Waals surface area contributed by atoms with Crippen LogP contribution in [0.1, 0.15) is 0 Å². The van der Waals surface area contributed by atoms with Gasteiger partial charge < -0.3 is 4.90 Å². The van der Waals surface area contributed by atoms with Gasteiger partial charge in [0.25, 0.3) is 0 Å². The Morgan fingerprint density at radius 3 is 2.77 bits per heavy atom. The van der Waals surface area contributed by atoms with Crippen molar-refractivity contribution in [3.8, 4) is 0 Å². The minimum atomic E-state index is 0.558. The molecule has 0 atom stereocenters. The second-order valence-corrected chi connectivity index (χ2v) is 4.08. The Hall–Kier alpha value is -0.490. The first-order valence-corrected chi connectivity index (χ1v) is 5.07.